The molecule has 0 unspecified atom stereocenters. The van der Waals surface area contributed by atoms with Gasteiger partial charge in [0, 0.05) is 44.7 Å². The highest BCUT2D eigenvalue weighted by molar-refractivity contribution is 5.79. The largest absolute Gasteiger partial charge is 0.372 e. The van der Waals surface area contributed by atoms with Crippen molar-refractivity contribution in [2.45, 2.75) is 44.3 Å². The Balaban J connectivity index is 1.30. The van der Waals surface area contributed by atoms with Gasteiger partial charge in [-0.25, -0.2) is 0 Å². The molecular formula is C20H28N2O3. The van der Waals surface area contributed by atoms with Gasteiger partial charge in [-0.2, -0.15) is 0 Å². The van der Waals surface area contributed by atoms with Crippen LogP contribution in [0, 0.1) is 0 Å². The predicted molar refractivity (Wildman–Crippen MR) is 96.7 cm³/mol. The Bertz CT molecular complexity index is 579. The third-order valence-corrected chi connectivity index (χ3v) is 5.70. The average Bonchev–Trinajstić information content (AvgIpc) is 3.11. The lowest BCUT2D eigenvalue weighted by atomic mass is 10.0. The molecule has 1 amide bonds. The number of carbonyl (C=O) groups excluding carboxylic acids is 1. The topological polar surface area (TPSA) is 42.0 Å². The third-order valence-electron chi connectivity index (χ3n) is 5.70. The highest BCUT2D eigenvalue weighted by Crippen LogP contribution is 2.31. The molecule has 3 fully saturated rings. The molecule has 5 heteroatoms. The van der Waals surface area contributed by atoms with Crippen LogP contribution in [0.15, 0.2) is 24.3 Å². The number of amides is 1. The van der Waals surface area contributed by atoms with Gasteiger partial charge in [-0.3, -0.25) is 4.79 Å². The number of benzene rings is 1. The fourth-order valence-electron chi connectivity index (χ4n) is 4.15. The van der Waals surface area contributed by atoms with E-state index in [2.05, 4.69) is 29.2 Å². The number of piperidine rings is 2. The minimum absolute atomic E-state index is 0.207. The average molecular weight is 344 g/mol. The first-order valence-corrected chi connectivity index (χ1v) is 9.64. The standard InChI is InChI=1S/C20H28N2O3/c23-19(22-12-8-20(9-13-22)24-14-15-25-20)16-17-4-6-18(7-5-17)21-10-2-1-3-11-21/h4-7H,1-3,8-16H2. The maximum Gasteiger partial charge on any atom is 0.226 e. The number of nitrogens with zero attached hydrogens (tertiary/aromatic N) is 2. The molecule has 3 saturated heterocycles. The molecule has 0 saturated carbocycles. The van der Waals surface area contributed by atoms with E-state index >= 15 is 0 Å². The summed E-state index contributed by atoms with van der Waals surface area (Å²) in [5.41, 5.74) is 2.38. The maximum atomic E-state index is 12.6. The summed E-state index contributed by atoms with van der Waals surface area (Å²) >= 11 is 0. The van der Waals surface area contributed by atoms with Crippen LogP contribution in [0.5, 0.6) is 0 Å². The van der Waals surface area contributed by atoms with E-state index < -0.39 is 5.79 Å². The Labute approximate surface area is 149 Å². The van der Waals surface area contributed by atoms with Crippen LogP contribution in [0.25, 0.3) is 0 Å². The van der Waals surface area contributed by atoms with Crippen LogP contribution in [0.2, 0.25) is 0 Å². The van der Waals surface area contributed by atoms with E-state index in [1.165, 1.54) is 24.9 Å². The van der Waals surface area contributed by atoms with Crippen LogP contribution in [0.4, 0.5) is 5.69 Å². The monoisotopic (exact) mass is 344 g/mol. The van der Waals surface area contributed by atoms with E-state index in [4.69, 9.17) is 9.47 Å². The minimum atomic E-state index is -0.410. The molecule has 0 aromatic heterocycles. The van der Waals surface area contributed by atoms with E-state index in [0.717, 1.165) is 44.6 Å². The molecule has 4 rings (SSSR count). The highest BCUT2D eigenvalue weighted by Gasteiger charge is 2.40. The minimum Gasteiger partial charge on any atom is -0.372 e. The number of likely N-dealkylation sites (tertiary alicyclic amines) is 1. The normalized spacial score (nSPS) is 23.2. The second-order valence-corrected chi connectivity index (χ2v) is 7.38. The van der Waals surface area contributed by atoms with Crippen molar-refractivity contribution in [2.24, 2.45) is 0 Å². The van der Waals surface area contributed by atoms with Crippen molar-refractivity contribution in [1.82, 2.24) is 4.90 Å². The van der Waals surface area contributed by atoms with Gasteiger partial charge in [-0.05, 0) is 37.0 Å². The first-order valence-electron chi connectivity index (χ1n) is 9.64. The summed E-state index contributed by atoms with van der Waals surface area (Å²) in [7, 11) is 0. The van der Waals surface area contributed by atoms with Gasteiger partial charge in [0.05, 0.1) is 19.6 Å². The summed E-state index contributed by atoms with van der Waals surface area (Å²) in [6, 6.07) is 8.55. The summed E-state index contributed by atoms with van der Waals surface area (Å²) in [5, 5.41) is 0. The van der Waals surface area contributed by atoms with Gasteiger partial charge in [0.15, 0.2) is 5.79 Å². The van der Waals surface area contributed by atoms with Crippen LogP contribution in [-0.2, 0) is 20.7 Å². The van der Waals surface area contributed by atoms with Crippen molar-refractivity contribution in [3.8, 4) is 0 Å². The van der Waals surface area contributed by atoms with Gasteiger partial charge in [0.1, 0.15) is 0 Å². The maximum absolute atomic E-state index is 12.6. The van der Waals surface area contributed by atoms with E-state index in [1.54, 1.807) is 0 Å². The molecule has 3 heterocycles. The number of hydrogen-bond acceptors (Lipinski definition) is 4. The quantitative estimate of drug-likeness (QED) is 0.845. The fraction of sp³-hybridized carbons (Fsp3) is 0.650. The summed E-state index contributed by atoms with van der Waals surface area (Å²) < 4.78 is 11.5. The molecule has 0 N–H and O–H groups in total. The van der Waals surface area contributed by atoms with Crippen molar-refractivity contribution in [3.05, 3.63) is 29.8 Å². The van der Waals surface area contributed by atoms with Crippen molar-refractivity contribution in [3.63, 3.8) is 0 Å². The zero-order valence-electron chi connectivity index (χ0n) is 14.9. The van der Waals surface area contributed by atoms with E-state index in [0.29, 0.717) is 19.6 Å². The van der Waals surface area contributed by atoms with Crippen LogP contribution >= 0.6 is 0 Å². The second kappa shape index (κ2) is 7.34. The van der Waals surface area contributed by atoms with Crippen molar-refractivity contribution in [2.75, 3.05) is 44.3 Å². The van der Waals surface area contributed by atoms with Gasteiger partial charge >= 0.3 is 0 Å². The predicted octanol–water partition coefficient (Wildman–Crippen LogP) is 2.58. The number of anilines is 1. The Morgan fingerprint density at radius 1 is 0.920 bits per heavy atom. The lowest BCUT2D eigenvalue weighted by Gasteiger charge is -2.37. The first-order chi connectivity index (χ1) is 12.2. The lowest BCUT2D eigenvalue weighted by molar-refractivity contribution is -0.187. The Hall–Kier alpha value is -1.59. The second-order valence-electron chi connectivity index (χ2n) is 7.38. The molecule has 0 aliphatic carbocycles. The zero-order chi connectivity index (χ0) is 17.1. The Kier molecular flexibility index (Phi) is 4.95. The Morgan fingerprint density at radius 3 is 2.20 bits per heavy atom. The molecule has 0 radical (unpaired) electrons. The molecule has 25 heavy (non-hydrogen) atoms. The van der Waals surface area contributed by atoms with Gasteiger partial charge in [-0.1, -0.05) is 12.1 Å². The van der Waals surface area contributed by atoms with Gasteiger partial charge in [0.2, 0.25) is 5.91 Å². The summed E-state index contributed by atoms with van der Waals surface area (Å²) in [6.45, 7) is 5.11. The molecule has 3 aliphatic heterocycles. The van der Waals surface area contributed by atoms with Crippen LogP contribution in [0.3, 0.4) is 0 Å². The van der Waals surface area contributed by atoms with Crippen molar-refractivity contribution in [1.29, 1.82) is 0 Å². The Morgan fingerprint density at radius 2 is 1.56 bits per heavy atom. The van der Waals surface area contributed by atoms with E-state index in [-0.39, 0.29) is 5.91 Å². The summed E-state index contributed by atoms with van der Waals surface area (Å²) in [4.78, 5) is 17.0. The molecule has 1 aromatic rings. The van der Waals surface area contributed by atoms with E-state index in [1.807, 2.05) is 4.90 Å². The smallest absolute Gasteiger partial charge is 0.226 e. The SMILES string of the molecule is O=C(Cc1ccc(N2CCCCC2)cc1)N1CCC2(CC1)OCCO2. The van der Waals surface area contributed by atoms with Crippen LogP contribution in [0.1, 0.15) is 37.7 Å². The highest BCUT2D eigenvalue weighted by atomic mass is 16.7. The van der Waals surface area contributed by atoms with Crippen LogP contribution in [-0.4, -0.2) is 56.0 Å². The van der Waals surface area contributed by atoms with Gasteiger partial charge in [-0.15, -0.1) is 0 Å². The molecule has 136 valence electrons. The summed E-state index contributed by atoms with van der Waals surface area (Å²) in [6.07, 6.45) is 5.96. The third kappa shape index (κ3) is 3.82. The molecule has 1 aromatic carbocycles. The fourth-order valence-corrected chi connectivity index (χ4v) is 4.15. The molecular weight excluding hydrogens is 316 g/mol. The number of rotatable bonds is 3. The zero-order valence-corrected chi connectivity index (χ0v) is 14.9. The first kappa shape index (κ1) is 16.9. The molecule has 0 bridgehead atoms. The van der Waals surface area contributed by atoms with Crippen molar-refractivity contribution >= 4 is 11.6 Å². The lowest BCUT2D eigenvalue weighted by Crippen LogP contribution is -2.47. The molecule has 5 nitrogen and oxygen atoms in total. The van der Waals surface area contributed by atoms with Crippen molar-refractivity contribution < 1.29 is 14.3 Å². The van der Waals surface area contributed by atoms with Gasteiger partial charge < -0.3 is 19.3 Å². The summed E-state index contributed by atoms with van der Waals surface area (Å²) in [5.74, 6) is -0.203. The number of hydrogen-bond donors (Lipinski definition) is 0. The number of ether oxygens (including phenoxy) is 2. The molecule has 0 atom stereocenters. The van der Waals surface area contributed by atoms with E-state index in [9.17, 15) is 4.79 Å². The molecule has 1 spiro atoms. The van der Waals surface area contributed by atoms with Gasteiger partial charge in [0.25, 0.3) is 0 Å². The molecule has 3 aliphatic rings. The number of carbonyl (C=O) groups is 1. The van der Waals surface area contributed by atoms with Crippen LogP contribution < -0.4 is 4.90 Å².